The quantitative estimate of drug-likeness (QED) is 0.895. The van der Waals surface area contributed by atoms with Crippen LogP contribution in [0.3, 0.4) is 0 Å². The Hall–Kier alpha value is -0.850. The molecule has 0 aliphatic heterocycles. The van der Waals surface area contributed by atoms with E-state index in [0.29, 0.717) is 0 Å². The number of benzene rings is 1. The van der Waals surface area contributed by atoms with E-state index in [0.717, 1.165) is 17.6 Å². The summed E-state index contributed by atoms with van der Waals surface area (Å²) < 4.78 is 1.11. The molecule has 0 aliphatic carbocycles. The van der Waals surface area contributed by atoms with Crippen molar-refractivity contribution in [2.75, 3.05) is 6.54 Å². The Morgan fingerprint density at radius 2 is 2.21 bits per heavy atom. The van der Waals surface area contributed by atoms with Crippen LogP contribution in [0.15, 0.2) is 28.7 Å². The standard InChI is InChI=1S/C11H13BrN2/c1-9(6-13)7-14-8-10-4-2-3-5-11(10)12/h2-5,9,14H,7-8H2,1H3. The highest BCUT2D eigenvalue weighted by atomic mass is 79.9. The third kappa shape index (κ3) is 3.49. The molecule has 2 nitrogen and oxygen atoms in total. The van der Waals surface area contributed by atoms with E-state index >= 15 is 0 Å². The molecule has 0 fully saturated rings. The molecule has 1 unspecified atom stereocenters. The molecule has 1 rings (SSSR count). The van der Waals surface area contributed by atoms with E-state index in [1.807, 2.05) is 25.1 Å². The van der Waals surface area contributed by atoms with E-state index in [2.05, 4.69) is 33.4 Å². The molecule has 1 aromatic rings. The highest BCUT2D eigenvalue weighted by Crippen LogP contribution is 2.15. The molecular formula is C11H13BrN2. The van der Waals surface area contributed by atoms with E-state index < -0.39 is 0 Å². The minimum atomic E-state index is 0.0671. The fourth-order valence-corrected chi connectivity index (χ4v) is 1.54. The van der Waals surface area contributed by atoms with Crippen LogP contribution in [0.1, 0.15) is 12.5 Å². The average molecular weight is 253 g/mol. The molecule has 0 radical (unpaired) electrons. The lowest BCUT2D eigenvalue weighted by atomic mass is 10.2. The van der Waals surface area contributed by atoms with Crippen LogP contribution < -0.4 is 5.32 Å². The van der Waals surface area contributed by atoms with Gasteiger partial charge < -0.3 is 5.32 Å². The summed E-state index contributed by atoms with van der Waals surface area (Å²) in [6.45, 7) is 3.44. The summed E-state index contributed by atoms with van der Waals surface area (Å²) in [5, 5.41) is 11.8. The Balaban J connectivity index is 2.40. The van der Waals surface area contributed by atoms with Gasteiger partial charge in [0.25, 0.3) is 0 Å². The van der Waals surface area contributed by atoms with Crippen molar-refractivity contribution in [3.63, 3.8) is 0 Å². The van der Waals surface area contributed by atoms with Gasteiger partial charge in [0, 0.05) is 17.6 Å². The minimum absolute atomic E-state index is 0.0671. The molecule has 3 heteroatoms. The summed E-state index contributed by atoms with van der Waals surface area (Å²) in [6, 6.07) is 10.3. The van der Waals surface area contributed by atoms with Crippen LogP contribution in [0.2, 0.25) is 0 Å². The van der Waals surface area contributed by atoms with Crippen molar-refractivity contribution in [1.82, 2.24) is 5.32 Å². The molecule has 14 heavy (non-hydrogen) atoms. The maximum absolute atomic E-state index is 8.59. The number of nitriles is 1. The number of nitrogens with zero attached hydrogens (tertiary/aromatic N) is 1. The number of hydrogen-bond donors (Lipinski definition) is 1. The molecule has 1 atom stereocenters. The van der Waals surface area contributed by atoms with Gasteiger partial charge >= 0.3 is 0 Å². The molecule has 0 spiro atoms. The van der Waals surface area contributed by atoms with Gasteiger partial charge in [-0.05, 0) is 18.6 Å². The van der Waals surface area contributed by atoms with Crippen molar-refractivity contribution in [2.45, 2.75) is 13.5 Å². The van der Waals surface area contributed by atoms with Crippen LogP contribution in [-0.2, 0) is 6.54 Å². The Morgan fingerprint density at radius 3 is 2.86 bits per heavy atom. The van der Waals surface area contributed by atoms with E-state index in [9.17, 15) is 0 Å². The SMILES string of the molecule is CC(C#N)CNCc1ccccc1Br. The van der Waals surface area contributed by atoms with Crippen molar-refractivity contribution < 1.29 is 0 Å². The second kappa shape index (κ2) is 5.79. The van der Waals surface area contributed by atoms with Crippen molar-refractivity contribution in [3.05, 3.63) is 34.3 Å². The van der Waals surface area contributed by atoms with Crippen LogP contribution >= 0.6 is 15.9 Å². The molecule has 1 aromatic carbocycles. The molecule has 0 saturated heterocycles. The van der Waals surface area contributed by atoms with Crippen LogP contribution in [-0.4, -0.2) is 6.54 Å². The highest BCUT2D eigenvalue weighted by molar-refractivity contribution is 9.10. The maximum Gasteiger partial charge on any atom is 0.0666 e. The predicted octanol–water partition coefficient (Wildman–Crippen LogP) is 2.70. The smallest absolute Gasteiger partial charge is 0.0666 e. The van der Waals surface area contributed by atoms with E-state index in [1.165, 1.54) is 5.56 Å². The maximum atomic E-state index is 8.59. The Kier molecular flexibility index (Phi) is 4.64. The van der Waals surface area contributed by atoms with Crippen molar-refractivity contribution in [2.24, 2.45) is 5.92 Å². The topological polar surface area (TPSA) is 35.8 Å². The van der Waals surface area contributed by atoms with Gasteiger partial charge in [-0.3, -0.25) is 0 Å². The van der Waals surface area contributed by atoms with Gasteiger partial charge in [-0.2, -0.15) is 5.26 Å². The van der Waals surface area contributed by atoms with Gasteiger partial charge in [0.15, 0.2) is 0 Å². The fourth-order valence-electron chi connectivity index (χ4n) is 1.11. The lowest BCUT2D eigenvalue weighted by Crippen LogP contribution is -2.19. The second-order valence-electron chi connectivity index (χ2n) is 3.25. The van der Waals surface area contributed by atoms with Gasteiger partial charge in [-0.25, -0.2) is 0 Å². The summed E-state index contributed by atoms with van der Waals surface area (Å²) in [6.07, 6.45) is 0. The first-order chi connectivity index (χ1) is 6.74. The molecule has 0 saturated carbocycles. The van der Waals surface area contributed by atoms with Gasteiger partial charge in [0.2, 0.25) is 0 Å². The monoisotopic (exact) mass is 252 g/mol. The summed E-state index contributed by atoms with van der Waals surface area (Å²) in [5.41, 5.74) is 1.22. The average Bonchev–Trinajstić information content (AvgIpc) is 2.20. The first-order valence-corrected chi connectivity index (χ1v) is 5.37. The van der Waals surface area contributed by atoms with Crippen LogP contribution in [0.5, 0.6) is 0 Å². The first kappa shape index (κ1) is 11.2. The zero-order valence-corrected chi connectivity index (χ0v) is 9.71. The highest BCUT2D eigenvalue weighted by Gasteiger charge is 2.00. The number of nitrogens with one attached hydrogen (secondary N) is 1. The van der Waals surface area contributed by atoms with Crippen LogP contribution in [0.25, 0.3) is 0 Å². The second-order valence-corrected chi connectivity index (χ2v) is 4.11. The van der Waals surface area contributed by atoms with Crippen molar-refractivity contribution in [1.29, 1.82) is 5.26 Å². The lowest BCUT2D eigenvalue weighted by Gasteiger charge is -2.07. The molecule has 0 bridgehead atoms. The van der Waals surface area contributed by atoms with Crippen LogP contribution in [0, 0.1) is 17.2 Å². The van der Waals surface area contributed by atoms with Gasteiger partial charge in [0.1, 0.15) is 0 Å². The summed E-state index contributed by atoms with van der Waals surface area (Å²) in [7, 11) is 0. The third-order valence-corrected chi connectivity index (χ3v) is 2.72. The largest absolute Gasteiger partial charge is 0.311 e. The molecule has 1 N–H and O–H groups in total. The van der Waals surface area contributed by atoms with E-state index in [1.54, 1.807) is 0 Å². The molecular weight excluding hydrogens is 240 g/mol. The number of halogens is 1. The molecule has 74 valence electrons. The predicted molar refractivity (Wildman–Crippen MR) is 60.6 cm³/mol. The molecule has 0 aromatic heterocycles. The molecule has 0 aliphatic rings. The lowest BCUT2D eigenvalue weighted by molar-refractivity contribution is 0.601. The van der Waals surface area contributed by atoms with Crippen LogP contribution in [0.4, 0.5) is 0 Å². The van der Waals surface area contributed by atoms with Crippen molar-refractivity contribution >= 4 is 15.9 Å². The normalized spacial score (nSPS) is 12.1. The zero-order chi connectivity index (χ0) is 10.4. The Bertz CT molecular complexity index is 330. The third-order valence-electron chi connectivity index (χ3n) is 1.94. The van der Waals surface area contributed by atoms with Gasteiger partial charge in [-0.1, -0.05) is 34.1 Å². The summed E-state index contributed by atoms with van der Waals surface area (Å²) in [4.78, 5) is 0. The molecule has 0 amide bonds. The van der Waals surface area contributed by atoms with Gasteiger partial charge in [-0.15, -0.1) is 0 Å². The Labute approximate surface area is 93.1 Å². The zero-order valence-electron chi connectivity index (χ0n) is 8.13. The molecule has 0 heterocycles. The Morgan fingerprint density at radius 1 is 1.50 bits per heavy atom. The number of hydrogen-bond acceptors (Lipinski definition) is 2. The minimum Gasteiger partial charge on any atom is -0.311 e. The van der Waals surface area contributed by atoms with Gasteiger partial charge in [0.05, 0.1) is 12.0 Å². The first-order valence-electron chi connectivity index (χ1n) is 4.57. The van der Waals surface area contributed by atoms with Crippen molar-refractivity contribution in [3.8, 4) is 6.07 Å². The fraction of sp³-hybridized carbons (Fsp3) is 0.364. The summed E-state index contributed by atoms with van der Waals surface area (Å²) in [5.74, 6) is 0.0671. The van der Waals surface area contributed by atoms with E-state index in [-0.39, 0.29) is 5.92 Å². The summed E-state index contributed by atoms with van der Waals surface area (Å²) >= 11 is 3.48. The van der Waals surface area contributed by atoms with E-state index in [4.69, 9.17) is 5.26 Å². The number of rotatable bonds is 4.